The Bertz CT molecular complexity index is 2910. The molecule has 4 N–H and O–H groups in total. The molecule has 21 heteroatoms. The van der Waals surface area contributed by atoms with Crippen LogP contribution in [-0.2, 0) is 69.1 Å². The number of para-hydroxylation sites is 1. The molecule has 6 rings (SSSR count). The van der Waals surface area contributed by atoms with Crippen LogP contribution in [0.4, 0.5) is 10.5 Å². The van der Waals surface area contributed by atoms with E-state index < -0.39 is 53.0 Å². The van der Waals surface area contributed by atoms with Crippen molar-refractivity contribution in [3.8, 4) is 11.8 Å². The molecule has 2 aliphatic rings. The SMILES string of the molecule is CC[C@@]1(OC(=O)OCc2ccc(NC(=O)[C@H](CCCNC)NC(=O)C(NC(=O)CCCC#Cc3cnc(SC)nc3)C(C)C)cc2)C(=O)OCC(C=O)=C1/C=C1/c2nc3ccccc3c(CCN(C(C)C)[S+](C)[O-])c2CN1C. The molecule has 0 saturated carbocycles. The minimum Gasteiger partial charge on any atom is -0.598 e. The fourth-order valence-corrected chi connectivity index (χ4v) is 10.5. The number of nitrogens with one attached hydrogen (secondary N) is 4. The molecule has 78 heavy (non-hydrogen) atoms. The minimum absolute atomic E-state index is 0.0539. The van der Waals surface area contributed by atoms with Crippen molar-refractivity contribution in [1.29, 1.82) is 0 Å². The first-order chi connectivity index (χ1) is 37.4. The van der Waals surface area contributed by atoms with Crippen molar-refractivity contribution in [3.05, 3.63) is 106 Å². The Kier molecular flexibility index (Phi) is 22.2. The van der Waals surface area contributed by atoms with E-state index in [4.69, 9.17) is 19.2 Å². The number of hydrogen-bond donors (Lipinski definition) is 4. The lowest BCUT2D eigenvalue weighted by Crippen LogP contribution is -2.54. The summed E-state index contributed by atoms with van der Waals surface area (Å²) in [6.45, 7) is 10.3. The summed E-state index contributed by atoms with van der Waals surface area (Å²) in [6, 6.07) is 12.5. The number of hydrogen-bond acceptors (Lipinski definition) is 17. The third-order valence-corrected chi connectivity index (χ3v) is 15.3. The topological polar surface area (TPSA) is 246 Å². The van der Waals surface area contributed by atoms with Crippen molar-refractivity contribution < 1.29 is 47.5 Å². The van der Waals surface area contributed by atoms with E-state index in [1.807, 2.05) is 74.5 Å². The monoisotopic (exact) mass is 1110 g/mol. The summed E-state index contributed by atoms with van der Waals surface area (Å²) >= 11 is 0.250. The predicted octanol–water partition coefficient (Wildman–Crippen LogP) is 6.42. The summed E-state index contributed by atoms with van der Waals surface area (Å²) in [5, 5.41) is 13.2. The molecule has 0 saturated heterocycles. The highest BCUT2D eigenvalue weighted by Crippen LogP contribution is 2.41. The van der Waals surface area contributed by atoms with Gasteiger partial charge in [0.25, 0.3) is 0 Å². The number of carbonyl (C=O) groups excluding carboxylic acids is 6. The highest BCUT2D eigenvalue weighted by Gasteiger charge is 2.50. The van der Waals surface area contributed by atoms with E-state index in [1.165, 1.54) is 11.8 Å². The molecule has 0 radical (unpaired) electrons. The summed E-state index contributed by atoms with van der Waals surface area (Å²) in [4.78, 5) is 96.1. The first-order valence-corrected chi connectivity index (χ1v) is 28.8. The number of ether oxygens (including phenoxy) is 3. The molecular formula is C57H71N9O10S2. The number of fused-ring (bicyclic) bond motifs is 2. The molecule has 3 amide bonds. The Morgan fingerprint density at radius 2 is 1.77 bits per heavy atom. The molecule has 4 aromatic rings. The van der Waals surface area contributed by atoms with E-state index in [9.17, 15) is 33.3 Å². The highest BCUT2D eigenvalue weighted by molar-refractivity contribution is 7.98. The van der Waals surface area contributed by atoms with Gasteiger partial charge in [-0.1, -0.05) is 74.7 Å². The standard InChI is InChI=1S/C57H71N9O10S2/c1-10-57(45(40(33-67)35-74-54(57)71)29-48-51-44(32-65(48)7)42(26-28-66(37(4)5)78(9)73)43-18-14-15-19-46(43)62-51)76-56(72)75-34-38-22-24-41(25-23-38)61-52(69)47(20-16-27-58-6)63-53(70)50(36(2)3)64-49(68)21-13-11-12-17-39-30-59-55(77-8)60-31-39/h14-15,18-19,22-25,29-31,33,36-37,47,50,58H,10-11,13,16,20-21,26-28,32,34-35H2,1-9H3,(H,61,69)(H,63,70)(H,64,68)/b48-29-/t47-,50?,57-,78?/m0/s1. The summed E-state index contributed by atoms with van der Waals surface area (Å²) in [6.07, 6.45) is 10.4. The number of nitrogens with zero attached hydrogens (tertiary/aromatic N) is 5. The summed E-state index contributed by atoms with van der Waals surface area (Å²) in [5.41, 5.74) is 3.82. The number of carbonyl (C=O) groups is 6. The van der Waals surface area contributed by atoms with Crippen LogP contribution in [0.1, 0.15) is 101 Å². The van der Waals surface area contributed by atoms with Crippen LogP contribution in [0.5, 0.6) is 0 Å². The number of unbranched alkanes of at least 4 members (excludes halogenated alkanes) is 1. The van der Waals surface area contributed by atoms with E-state index in [0.717, 1.165) is 22.0 Å². The van der Waals surface area contributed by atoms with Gasteiger partial charge < -0.3 is 44.9 Å². The number of benzene rings is 2. The van der Waals surface area contributed by atoms with Crippen LogP contribution in [0.25, 0.3) is 16.6 Å². The third kappa shape index (κ3) is 15.5. The van der Waals surface area contributed by atoms with E-state index in [2.05, 4.69) is 43.1 Å². The average Bonchev–Trinajstić information content (AvgIpc) is 3.89. The normalized spacial score (nSPS) is 16.8. The molecule has 2 unspecified atom stereocenters. The molecule has 19 nitrogen and oxygen atoms in total. The molecule has 0 aliphatic carbocycles. The molecule has 0 fully saturated rings. The van der Waals surface area contributed by atoms with Crippen molar-refractivity contribution >= 4 is 81.5 Å². The number of pyridine rings is 1. The second kappa shape index (κ2) is 28.7. The zero-order valence-electron chi connectivity index (χ0n) is 45.9. The van der Waals surface area contributed by atoms with Gasteiger partial charge in [0.2, 0.25) is 23.3 Å². The summed E-state index contributed by atoms with van der Waals surface area (Å²) < 4.78 is 31.6. The Morgan fingerprint density at radius 1 is 1.04 bits per heavy atom. The van der Waals surface area contributed by atoms with Crippen molar-refractivity contribution in [2.45, 2.75) is 122 Å². The first-order valence-electron chi connectivity index (χ1n) is 26.1. The quantitative estimate of drug-likeness (QED) is 0.0106. The maximum absolute atomic E-state index is 13.9. The van der Waals surface area contributed by atoms with Crippen molar-refractivity contribution in [2.24, 2.45) is 5.92 Å². The lowest BCUT2D eigenvalue weighted by molar-refractivity contribution is -0.165. The summed E-state index contributed by atoms with van der Waals surface area (Å²) in [7, 11) is 3.67. The molecule has 416 valence electrons. The molecule has 2 aromatic heterocycles. The van der Waals surface area contributed by atoms with Crippen molar-refractivity contribution in [3.63, 3.8) is 0 Å². The van der Waals surface area contributed by atoms with Gasteiger partial charge in [-0.25, -0.2) is 24.5 Å². The Morgan fingerprint density at radius 3 is 2.42 bits per heavy atom. The van der Waals surface area contributed by atoms with E-state index in [1.54, 1.807) is 63.0 Å². The van der Waals surface area contributed by atoms with E-state index >= 15 is 0 Å². The smallest absolute Gasteiger partial charge is 0.510 e. The number of thioether (sulfide) groups is 1. The van der Waals surface area contributed by atoms with Gasteiger partial charge in [0.15, 0.2) is 5.16 Å². The van der Waals surface area contributed by atoms with Gasteiger partial charge in [0, 0.05) is 90.6 Å². The van der Waals surface area contributed by atoms with Crippen LogP contribution in [0.3, 0.4) is 0 Å². The van der Waals surface area contributed by atoms with Crippen LogP contribution in [0.15, 0.2) is 83.3 Å². The molecule has 4 heterocycles. The lowest BCUT2D eigenvalue weighted by atomic mass is 9.84. The van der Waals surface area contributed by atoms with Crippen LogP contribution >= 0.6 is 11.8 Å². The molecule has 0 bridgehead atoms. The highest BCUT2D eigenvalue weighted by atomic mass is 32.2. The number of amides is 3. The van der Waals surface area contributed by atoms with Gasteiger partial charge in [-0.05, 0) is 107 Å². The van der Waals surface area contributed by atoms with Gasteiger partial charge in [0.1, 0.15) is 37.8 Å². The number of esters is 1. The molecule has 2 aromatic carbocycles. The van der Waals surface area contributed by atoms with E-state index in [-0.39, 0.29) is 55.1 Å². The molecule has 2 aliphatic heterocycles. The van der Waals surface area contributed by atoms with Crippen molar-refractivity contribution in [2.75, 3.05) is 51.6 Å². The lowest BCUT2D eigenvalue weighted by Gasteiger charge is -2.35. The van der Waals surface area contributed by atoms with Gasteiger partial charge in [-0.2, -0.15) is 0 Å². The number of cyclic esters (lactones) is 1. The zero-order valence-corrected chi connectivity index (χ0v) is 47.5. The number of aromatic nitrogens is 3. The van der Waals surface area contributed by atoms with Crippen LogP contribution in [0, 0.1) is 17.8 Å². The largest absolute Gasteiger partial charge is 0.598 e. The maximum Gasteiger partial charge on any atom is 0.510 e. The fraction of sp³-hybridized carbons (Fsp3) is 0.456. The van der Waals surface area contributed by atoms with Gasteiger partial charge >= 0.3 is 12.1 Å². The molecular weight excluding hydrogens is 1030 g/mol. The third-order valence-electron chi connectivity index (χ3n) is 13.4. The number of aldehydes is 1. The Balaban J connectivity index is 1.10. The zero-order chi connectivity index (χ0) is 56.5. The Hall–Kier alpha value is -6.83. The van der Waals surface area contributed by atoms with Crippen LogP contribution in [0.2, 0.25) is 0 Å². The van der Waals surface area contributed by atoms with E-state index in [0.29, 0.717) is 91.4 Å². The Labute approximate surface area is 464 Å². The van der Waals surface area contributed by atoms with Crippen molar-refractivity contribution in [1.82, 2.24) is 40.1 Å². The summed E-state index contributed by atoms with van der Waals surface area (Å²) in [5.74, 6) is 3.62. The predicted molar refractivity (Wildman–Crippen MR) is 301 cm³/mol. The van der Waals surface area contributed by atoms with Gasteiger partial charge in [-0.3, -0.25) is 19.2 Å². The second-order valence-electron chi connectivity index (χ2n) is 19.6. The fourth-order valence-electron chi connectivity index (χ4n) is 9.24. The van der Waals surface area contributed by atoms with Crippen LogP contribution < -0.4 is 21.3 Å². The molecule has 4 atom stereocenters. The molecule has 0 spiro atoms. The van der Waals surface area contributed by atoms with Crippen LogP contribution in [-0.4, -0.2) is 135 Å². The number of rotatable bonds is 25. The first kappa shape index (κ1) is 60.4. The van der Waals surface area contributed by atoms with Gasteiger partial charge in [-0.15, -0.1) is 4.31 Å². The second-order valence-corrected chi connectivity index (χ2v) is 21.7. The maximum atomic E-state index is 13.9. The average molecular weight is 1110 g/mol. The van der Waals surface area contributed by atoms with Gasteiger partial charge in [0.05, 0.1) is 22.5 Å². The minimum atomic E-state index is -2.05. The number of anilines is 1.